The summed E-state index contributed by atoms with van der Waals surface area (Å²) in [4.78, 5) is 15.9. The van der Waals surface area contributed by atoms with Crippen molar-refractivity contribution in [1.29, 1.82) is 0 Å². The van der Waals surface area contributed by atoms with Crippen LogP contribution in [-0.2, 0) is 21.0 Å². The number of benzene rings is 1. The number of hydrogen-bond donors (Lipinski definition) is 2. The Morgan fingerprint density at radius 3 is 1.93 bits per heavy atom. The molecule has 4 nitrogen and oxygen atoms in total. The Bertz CT molecular complexity index is 854. The number of hydrogen-bond acceptors (Lipinski definition) is 3. The number of aromatic nitrogens is 1. The minimum absolute atomic E-state index is 0.0181. The second-order valence-corrected chi connectivity index (χ2v) is 10.7. The lowest BCUT2D eigenvalue weighted by Gasteiger charge is -2.26. The van der Waals surface area contributed by atoms with Gasteiger partial charge in [-0.3, -0.25) is 0 Å². The molecule has 1 aromatic heterocycles. The highest BCUT2D eigenvalue weighted by atomic mass is 16.5. The quantitative estimate of drug-likeness (QED) is 0.702. The Morgan fingerprint density at radius 2 is 1.52 bits per heavy atom. The second-order valence-electron chi connectivity index (χ2n) is 10.7. The van der Waals surface area contributed by atoms with E-state index >= 15 is 0 Å². The summed E-state index contributed by atoms with van der Waals surface area (Å²) in [5, 5.41) is 0.950. The number of carbonyl (C=O) groups is 1. The van der Waals surface area contributed by atoms with Crippen LogP contribution >= 0.6 is 0 Å². The van der Waals surface area contributed by atoms with Crippen LogP contribution in [-0.4, -0.2) is 17.0 Å². The number of carbonyl (C=O) groups excluding carboxylic acids is 1. The number of H-pyrrole nitrogens is 1. The molecule has 0 saturated heterocycles. The normalized spacial score (nSPS) is 14.5. The smallest absolute Gasteiger partial charge is 0.328 e. The second kappa shape index (κ2) is 6.66. The van der Waals surface area contributed by atoms with Crippen molar-refractivity contribution in [2.75, 3.05) is 0 Å². The number of esters is 1. The molecule has 0 fully saturated rings. The van der Waals surface area contributed by atoms with E-state index in [2.05, 4.69) is 79.4 Å². The minimum Gasteiger partial charge on any atom is -0.423 e. The molecular weight excluding hydrogens is 336 g/mol. The van der Waals surface area contributed by atoms with Gasteiger partial charge in [0.05, 0.1) is 11.2 Å². The van der Waals surface area contributed by atoms with E-state index in [9.17, 15) is 4.79 Å². The van der Waals surface area contributed by atoms with Crippen molar-refractivity contribution >= 4 is 16.9 Å². The average Bonchev–Trinajstić information content (AvgIpc) is 2.83. The molecule has 27 heavy (non-hydrogen) atoms. The van der Waals surface area contributed by atoms with Gasteiger partial charge in [0, 0.05) is 10.8 Å². The Labute approximate surface area is 163 Å². The highest BCUT2D eigenvalue weighted by Gasteiger charge is 2.31. The fourth-order valence-corrected chi connectivity index (χ4v) is 3.12. The zero-order valence-corrected chi connectivity index (χ0v) is 18.6. The highest BCUT2D eigenvalue weighted by molar-refractivity contribution is 5.94. The van der Waals surface area contributed by atoms with Crippen LogP contribution in [0, 0.1) is 0 Å². The van der Waals surface area contributed by atoms with Crippen LogP contribution < -0.4 is 10.5 Å². The van der Waals surface area contributed by atoms with Gasteiger partial charge in [-0.2, -0.15) is 0 Å². The molecule has 0 saturated carbocycles. The largest absolute Gasteiger partial charge is 0.423 e. The molecule has 0 aliphatic heterocycles. The fourth-order valence-electron chi connectivity index (χ4n) is 3.12. The third kappa shape index (κ3) is 4.37. The van der Waals surface area contributed by atoms with Crippen LogP contribution in [0.4, 0.5) is 0 Å². The Balaban J connectivity index is 2.93. The first-order valence-corrected chi connectivity index (χ1v) is 9.72. The fraction of sp³-hybridized carbons (Fsp3) is 0.609. The van der Waals surface area contributed by atoms with Crippen LogP contribution in [0.1, 0.15) is 86.1 Å². The molecule has 0 bridgehead atoms. The van der Waals surface area contributed by atoms with E-state index in [1.54, 1.807) is 6.92 Å². The number of aromatic amines is 1. The zero-order valence-electron chi connectivity index (χ0n) is 18.6. The van der Waals surface area contributed by atoms with Crippen molar-refractivity contribution in [2.24, 2.45) is 5.73 Å². The van der Waals surface area contributed by atoms with E-state index in [1.165, 1.54) is 11.1 Å². The number of rotatable bonds is 2. The van der Waals surface area contributed by atoms with Crippen LogP contribution in [0.25, 0.3) is 10.9 Å². The lowest BCUT2D eigenvalue weighted by Crippen LogP contribution is -2.31. The summed E-state index contributed by atoms with van der Waals surface area (Å²) in [5.41, 5.74) is 9.89. The number of nitrogens with one attached hydrogen (secondary N) is 1. The number of ether oxygens (including phenoxy) is 1. The molecule has 1 heterocycles. The van der Waals surface area contributed by atoms with E-state index in [0.717, 1.165) is 16.6 Å². The lowest BCUT2D eigenvalue weighted by atomic mass is 9.79. The molecule has 0 unspecified atom stereocenters. The van der Waals surface area contributed by atoms with E-state index in [-0.39, 0.29) is 16.2 Å². The molecule has 0 amide bonds. The maximum Gasteiger partial charge on any atom is 0.328 e. The molecular formula is C23H36N2O2. The molecule has 3 N–H and O–H groups in total. The van der Waals surface area contributed by atoms with Crippen LogP contribution in [0.15, 0.2) is 12.1 Å². The van der Waals surface area contributed by atoms with Gasteiger partial charge in [-0.15, -0.1) is 0 Å². The van der Waals surface area contributed by atoms with Gasteiger partial charge in [0.15, 0.2) is 5.75 Å². The molecule has 4 heteroatoms. The Kier molecular flexibility index (Phi) is 5.30. The summed E-state index contributed by atoms with van der Waals surface area (Å²) in [6, 6.07) is 3.76. The van der Waals surface area contributed by atoms with Crippen molar-refractivity contribution in [3.05, 3.63) is 29.0 Å². The summed E-state index contributed by atoms with van der Waals surface area (Å²) < 4.78 is 5.83. The molecule has 0 aliphatic rings. The van der Waals surface area contributed by atoms with Crippen LogP contribution in [0.3, 0.4) is 0 Å². The predicted molar refractivity (Wildman–Crippen MR) is 114 cm³/mol. The summed E-state index contributed by atoms with van der Waals surface area (Å²) >= 11 is 0. The first kappa shape index (κ1) is 21.5. The first-order chi connectivity index (χ1) is 12.0. The van der Waals surface area contributed by atoms with E-state index < -0.39 is 12.0 Å². The Hall–Kier alpha value is -1.81. The SMILES string of the molecule is C[C@H](N)C(=O)Oc1c(C(C)(C)C)[nH]c2c(C(C)(C)C)cc(C(C)(C)C)cc12. The number of fused-ring (bicyclic) bond motifs is 1. The van der Waals surface area contributed by atoms with Gasteiger partial charge >= 0.3 is 5.97 Å². The lowest BCUT2D eigenvalue weighted by molar-refractivity contribution is -0.135. The standard InChI is InChI=1S/C23H36N2O2/c1-13(24)20(26)27-18-15-11-14(21(2,3)4)12-16(22(5,6)7)17(15)25-19(18)23(8,9)10/h11-13,25H,24H2,1-10H3/t13-/m0/s1. The van der Waals surface area contributed by atoms with Crippen LogP contribution in [0.5, 0.6) is 5.75 Å². The third-order valence-corrected chi connectivity index (χ3v) is 4.86. The van der Waals surface area contributed by atoms with Crippen molar-refractivity contribution in [3.63, 3.8) is 0 Å². The molecule has 2 aromatic rings. The molecule has 150 valence electrons. The molecule has 0 radical (unpaired) electrons. The maximum absolute atomic E-state index is 12.3. The number of nitrogens with two attached hydrogens (primary N) is 1. The molecule has 1 atom stereocenters. The van der Waals surface area contributed by atoms with E-state index in [4.69, 9.17) is 10.5 Å². The van der Waals surface area contributed by atoms with Crippen molar-refractivity contribution < 1.29 is 9.53 Å². The topological polar surface area (TPSA) is 68.1 Å². The summed E-state index contributed by atoms with van der Waals surface area (Å²) in [7, 11) is 0. The van der Waals surface area contributed by atoms with Crippen molar-refractivity contribution in [3.8, 4) is 5.75 Å². The molecule has 0 spiro atoms. The van der Waals surface area contributed by atoms with Gasteiger partial charge in [-0.1, -0.05) is 68.4 Å². The van der Waals surface area contributed by atoms with E-state index in [0.29, 0.717) is 5.75 Å². The van der Waals surface area contributed by atoms with Gasteiger partial charge in [0.25, 0.3) is 0 Å². The summed E-state index contributed by atoms with van der Waals surface area (Å²) in [6.07, 6.45) is 0. The molecule has 1 aromatic carbocycles. The van der Waals surface area contributed by atoms with Crippen LogP contribution in [0.2, 0.25) is 0 Å². The predicted octanol–water partition coefficient (Wildman–Crippen LogP) is 5.31. The summed E-state index contributed by atoms with van der Waals surface area (Å²) in [5.74, 6) is 0.191. The molecule has 2 rings (SSSR count). The first-order valence-electron chi connectivity index (χ1n) is 9.72. The van der Waals surface area contributed by atoms with Crippen molar-refractivity contribution in [1.82, 2.24) is 4.98 Å². The monoisotopic (exact) mass is 372 g/mol. The van der Waals surface area contributed by atoms with Gasteiger partial charge in [0.1, 0.15) is 6.04 Å². The average molecular weight is 373 g/mol. The zero-order chi connectivity index (χ0) is 20.9. The van der Waals surface area contributed by atoms with Gasteiger partial charge in [-0.25, -0.2) is 4.79 Å². The highest BCUT2D eigenvalue weighted by Crippen LogP contribution is 2.43. The molecule has 0 aliphatic carbocycles. The maximum atomic E-state index is 12.3. The van der Waals surface area contributed by atoms with Gasteiger partial charge < -0.3 is 15.5 Å². The van der Waals surface area contributed by atoms with Gasteiger partial charge in [-0.05, 0) is 34.9 Å². The van der Waals surface area contributed by atoms with Gasteiger partial charge in [0.2, 0.25) is 0 Å². The summed E-state index contributed by atoms with van der Waals surface area (Å²) in [6.45, 7) is 21.2. The van der Waals surface area contributed by atoms with Crippen molar-refractivity contribution in [2.45, 2.75) is 91.5 Å². The van der Waals surface area contributed by atoms with E-state index in [1.807, 2.05) is 0 Å². The third-order valence-electron chi connectivity index (χ3n) is 4.86. The minimum atomic E-state index is -0.671. The Morgan fingerprint density at radius 1 is 0.963 bits per heavy atom.